The molecule has 17 heteroatoms. The Kier molecular flexibility index (Phi) is 20.8. The van der Waals surface area contributed by atoms with Gasteiger partial charge in [-0.05, 0) is 53.6 Å². The average Bonchev–Trinajstić information content (AvgIpc) is 3.98. The SMILES string of the molecule is Cl.Cl.Cl.Cl.Cl.N#Cc1ccc(Cn2cncc2CN2CCN(C(=O)c3cccc4[nH]ccc34)CC2)cc1.N#Cc1ccc(Cn2cncc2CN2CCNCC2)cc1. The fourth-order valence-corrected chi connectivity index (χ4v) is 6.89. The quantitative estimate of drug-likeness (QED) is 0.167. The molecule has 0 radical (unpaired) electrons. The molecule has 58 heavy (non-hydrogen) atoms. The summed E-state index contributed by atoms with van der Waals surface area (Å²) in [6.07, 6.45) is 9.47. The number of fused-ring (bicyclic) bond motifs is 1. The van der Waals surface area contributed by atoms with Crippen LogP contribution in [0.1, 0.15) is 44.0 Å². The lowest BCUT2D eigenvalue weighted by molar-refractivity contribution is 0.0627. The zero-order valence-corrected chi connectivity index (χ0v) is 35.9. The maximum absolute atomic E-state index is 13.1. The number of nitriles is 2. The van der Waals surface area contributed by atoms with Crippen molar-refractivity contribution >= 4 is 78.8 Å². The van der Waals surface area contributed by atoms with E-state index in [0.29, 0.717) is 24.2 Å². The minimum absolute atomic E-state index is 0. The summed E-state index contributed by atoms with van der Waals surface area (Å²) in [4.78, 5) is 31.7. The van der Waals surface area contributed by atoms with Crippen LogP contribution in [0.25, 0.3) is 10.9 Å². The largest absolute Gasteiger partial charge is 0.361 e. The number of imidazole rings is 2. The molecule has 3 aromatic heterocycles. The maximum Gasteiger partial charge on any atom is 0.254 e. The zero-order chi connectivity index (χ0) is 36.4. The number of amides is 1. The third-order valence-electron chi connectivity index (χ3n) is 9.93. The van der Waals surface area contributed by atoms with Gasteiger partial charge in [0.15, 0.2) is 0 Å². The van der Waals surface area contributed by atoms with Crippen molar-refractivity contribution < 1.29 is 4.79 Å². The van der Waals surface area contributed by atoms with Crippen molar-refractivity contribution in [1.29, 1.82) is 10.5 Å². The summed E-state index contributed by atoms with van der Waals surface area (Å²) >= 11 is 0. The van der Waals surface area contributed by atoms with E-state index in [2.05, 4.69) is 51.3 Å². The lowest BCUT2D eigenvalue weighted by Crippen LogP contribution is -2.48. The van der Waals surface area contributed by atoms with E-state index in [4.69, 9.17) is 10.5 Å². The summed E-state index contributed by atoms with van der Waals surface area (Å²) < 4.78 is 4.33. The van der Waals surface area contributed by atoms with Gasteiger partial charge in [-0.1, -0.05) is 30.3 Å². The highest BCUT2D eigenvalue weighted by Gasteiger charge is 2.24. The summed E-state index contributed by atoms with van der Waals surface area (Å²) in [5.41, 5.74) is 7.83. The van der Waals surface area contributed by atoms with Gasteiger partial charge in [0.1, 0.15) is 0 Å². The van der Waals surface area contributed by atoms with Gasteiger partial charge >= 0.3 is 0 Å². The number of carbonyl (C=O) groups excluding carboxylic acids is 1. The molecule has 308 valence electrons. The summed E-state index contributed by atoms with van der Waals surface area (Å²) in [5.74, 6) is 0.0979. The first-order valence-corrected chi connectivity index (χ1v) is 18.0. The van der Waals surface area contributed by atoms with E-state index >= 15 is 0 Å². The smallest absolute Gasteiger partial charge is 0.254 e. The standard InChI is InChI=1S/C25H24N6O.C16H19N5.5ClH/c26-14-19-4-6-20(7-5-19)16-31-18-27-15-21(31)17-29-10-12-30(13-11-29)25(32)23-2-1-3-24-22(23)8-9-28-24;17-9-14-1-3-15(4-2-14)11-21-13-19-10-16(21)12-20-7-5-18-6-8-20;;;;;/h1-9,15,18,28H,10-13,16-17H2;1-4,10,13,18H,5-8,11-12H2;5*1H. The van der Waals surface area contributed by atoms with E-state index in [9.17, 15) is 4.79 Å². The Bertz CT molecular complexity index is 2210. The van der Waals surface area contributed by atoms with E-state index in [0.717, 1.165) is 93.2 Å². The fourth-order valence-electron chi connectivity index (χ4n) is 6.89. The highest BCUT2D eigenvalue weighted by molar-refractivity contribution is 6.06. The first-order valence-electron chi connectivity index (χ1n) is 18.0. The van der Waals surface area contributed by atoms with E-state index in [1.807, 2.05) is 109 Å². The predicted molar refractivity (Wildman–Crippen MR) is 239 cm³/mol. The Hall–Kier alpha value is -4.60. The average molecular weight is 888 g/mol. The van der Waals surface area contributed by atoms with E-state index in [1.54, 1.807) is 0 Å². The second kappa shape index (κ2) is 24.4. The number of hydrogen-bond acceptors (Lipinski definition) is 8. The van der Waals surface area contributed by atoms with Crippen LogP contribution in [-0.4, -0.2) is 97.1 Å². The maximum atomic E-state index is 13.1. The van der Waals surface area contributed by atoms with E-state index < -0.39 is 0 Å². The normalized spacial score (nSPS) is 13.7. The molecular formula is C41H48Cl5N11O. The van der Waals surface area contributed by atoms with E-state index in [1.165, 1.54) is 11.3 Å². The van der Waals surface area contributed by atoms with Crippen molar-refractivity contribution in [2.75, 3.05) is 52.4 Å². The molecule has 2 N–H and O–H groups in total. The molecule has 0 atom stereocenters. The minimum atomic E-state index is 0. The monoisotopic (exact) mass is 885 g/mol. The molecule has 0 aliphatic carbocycles. The first-order chi connectivity index (χ1) is 26.1. The van der Waals surface area contributed by atoms with Gasteiger partial charge in [-0.3, -0.25) is 14.6 Å². The Morgan fingerprint density at radius 2 is 1.12 bits per heavy atom. The van der Waals surface area contributed by atoms with Crippen molar-refractivity contribution in [2.45, 2.75) is 26.2 Å². The van der Waals surface area contributed by atoms with Crippen LogP contribution in [0.3, 0.4) is 0 Å². The van der Waals surface area contributed by atoms with Crippen LogP contribution in [0, 0.1) is 22.7 Å². The molecule has 3 aromatic carbocycles. The number of hydrogen-bond donors (Lipinski definition) is 2. The highest BCUT2D eigenvalue weighted by Crippen LogP contribution is 2.20. The lowest BCUT2D eigenvalue weighted by atomic mass is 10.1. The molecule has 6 aromatic rings. The van der Waals surface area contributed by atoms with Gasteiger partial charge < -0.3 is 24.3 Å². The highest BCUT2D eigenvalue weighted by atomic mass is 35.5. The van der Waals surface area contributed by atoms with Crippen LogP contribution >= 0.6 is 62.0 Å². The van der Waals surface area contributed by atoms with Gasteiger partial charge in [-0.15, -0.1) is 62.0 Å². The number of nitrogens with zero attached hydrogens (tertiary/aromatic N) is 9. The van der Waals surface area contributed by atoms with Crippen LogP contribution in [0.15, 0.2) is 104 Å². The molecule has 1 amide bonds. The number of nitrogens with one attached hydrogen (secondary N) is 2. The molecule has 2 saturated heterocycles. The molecule has 0 saturated carbocycles. The molecule has 12 nitrogen and oxygen atoms in total. The molecule has 0 unspecified atom stereocenters. The number of H-pyrrole nitrogens is 1. The molecular weight excluding hydrogens is 840 g/mol. The molecule has 8 rings (SSSR count). The summed E-state index contributed by atoms with van der Waals surface area (Å²) in [7, 11) is 0. The van der Waals surface area contributed by atoms with Crippen molar-refractivity contribution in [1.82, 2.24) is 44.1 Å². The second-order valence-corrected chi connectivity index (χ2v) is 13.5. The number of aromatic nitrogens is 5. The lowest BCUT2D eigenvalue weighted by Gasteiger charge is -2.35. The summed E-state index contributed by atoms with van der Waals surface area (Å²) in [5, 5.41) is 22.2. The second-order valence-electron chi connectivity index (χ2n) is 13.5. The van der Waals surface area contributed by atoms with Gasteiger partial charge in [-0.25, -0.2) is 9.97 Å². The van der Waals surface area contributed by atoms with Crippen molar-refractivity contribution in [3.8, 4) is 12.1 Å². The molecule has 2 aliphatic rings. The van der Waals surface area contributed by atoms with Crippen LogP contribution in [0.5, 0.6) is 0 Å². The number of rotatable bonds is 9. The fraction of sp³-hybridized carbons (Fsp3) is 0.293. The van der Waals surface area contributed by atoms with Crippen LogP contribution in [-0.2, 0) is 26.2 Å². The van der Waals surface area contributed by atoms with Crippen LogP contribution in [0.2, 0.25) is 0 Å². The Morgan fingerprint density at radius 1 is 0.621 bits per heavy atom. The molecule has 5 heterocycles. The summed E-state index contributed by atoms with van der Waals surface area (Å²) in [6, 6.07) is 27.5. The van der Waals surface area contributed by atoms with Crippen LogP contribution < -0.4 is 5.32 Å². The summed E-state index contributed by atoms with van der Waals surface area (Å²) in [6.45, 7) is 10.6. The van der Waals surface area contributed by atoms with E-state index in [-0.39, 0.29) is 67.9 Å². The van der Waals surface area contributed by atoms with Crippen LogP contribution in [0.4, 0.5) is 0 Å². The van der Waals surface area contributed by atoms with Crippen molar-refractivity contribution in [3.63, 3.8) is 0 Å². The Labute approximate surface area is 370 Å². The predicted octanol–water partition coefficient (Wildman–Crippen LogP) is 6.56. The number of aromatic amines is 1. The van der Waals surface area contributed by atoms with Gasteiger partial charge in [0.25, 0.3) is 5.91 Å². The van der Waals surface area contributed by atoms with Gasteiger partial charge in [0.05, 0.1) is 47.3 Å². The molecule has 2 fully saturated rings. The Balaban J connectivity index is 0.000000395. The molecule has 0 bridgehead atoms. The first kappa shape index (κ1) is 49.5. The number of piperazine rings is 2. The third-order valence-corrected chi connectivity index (χ3v) is 9.93. The zero-order valence-electron chi connectivity index (χ0n) is 31.8. The molecule has 2 aliphatic heterocycles. The van der Waals surface area contributed by atoms with Gasteiger partial charge in [-0.2, -0.15) is 10.5 Å². The number of benzene rings is 3. The topological polar surface area (TPSA) is 138 Å². The molecule has 0 spiro atoms. The number of carbonyl (C=O) groups is 1. The number of halogens is 5. The third kappa shape index (κ3) is 12.7. The van der Waals surface area contributed by atoms with Crippen molar-refractivity contribution in [2.24, 2.45) is 0 Å². The van der Waals surface area contributed by atoms with Gasteiger partial charge in [0, 0.05) is 114 Å². The van der Waals surface area contributed by atoms with Crippen molar-refractivity contribution in [3.05, 3.63) is 143 Å². The van der Waals surface area contributed by atoms with Gasteiger partial charge in [0.2, 0.25) is 0 Å². The Morgan fingerprint density at radius 3 is 1.62 bits per heavy atom. The minimum Gasteiger partial charge on any atom is -0.361 e.